The molecule has 1 amide bonds. The molecule has 0 spiro atoms. The van der Waals surface area contributed by atoms with Gasteiger partial charge in [-0.1, -0.05) is 30.0 Å². The zero-order valence-corrected chi connectivity index (χ0v) is 16.0. The van der Waals surface area contributed by atoms with E-state index >= 15 is 0 Å². The summed E-state index contributed by atoms with van der Waals surface area (Å²) in [5.74, 6) is 1.99. The van der Waals surface area contributed by atoms with Crippen LogP contribution in [-0.2, 0) is 4.79 Å². The SMILES string of the molecule is C=CCSC1=NC(=Cc2ccc(OC)cc2)C(=O)N1c1ccc(OC)cc1. The lowest BCUT2D eigenvalue weighted by atomic mass is 10.2. The molecule has 1 heterocycles. The summed E-state index contributed by atoms with van der Waals surface area (Å²) in [4.78, 5) is 19.2. The highest BCUT2D eigenvalue weighted by Crippen LogP contribution is 2.30. The quantitative estimate of drug-likeness (QED) is 0.552. The van der Waals surface area contributed by atoms with Gasteiger partial charge in [-0.05, 0) is 48.0 Å². The van der Waals surface area contributed by atoms with Crippen molar-refractivity contribution in [3.05, 3.63) is 72.4 Å². The van der Waals surface area contributed by atoms with Gasteiger partial charge in [-0.25, -0.2) is 4.99 Å². The van der Waals surface area contributed by atoms with Crippen molar-refractivity contribution in [2.45, 2.75) is 0 Å². The third kappa shape index (κ3) is 4.23. The summed E-state index contributed by atoms with van der Waals surface area (Å²) in [6, 6.07) is 14.8. The monoisotopic (exact) mass is 380 g/mol. The van der Waals surface area contributed by atoms with Gasteiger partial charge in [0, 0.05) is 5.75 Å². The third-order valence-corrected chi connectivity index (χ3v) is 4.84. The van der Waals surface area contributed by atoms with Crippen LogP contribution in [-0.4, -0.2) is 31.0 Å². The second kappa shape index (κ2) is 8.60. The topological polar surface area (TPSA) is 51.1 Å². The Kier molecular flexibility index (Phi) is 5.98. The number of hydrogen-bond donors (Lipinski definition) is 0. The largest absolute Gasteiger partial charge is 0.497 e. The maximum atomic E-state index is 13.0. The smallest absolute Gasteiger partial charge is 0.283 e. The molecule has 0 fully saturated rings. The Morgan fingerprint density at radius 2 is 1.63 bits per heavy atom. The molecule has 138 valence electrons. The van der Waals surface area contributed by atoms with E-state index in [0.29, 0.717) is 16.6 Å². The van der Waals surface area contributed by atoms with E-state index in [1.807, 2.05) is 48.5 Å². The first-order valence-electron chi connectivity index (χ1n) is 8.33. The first-order chi connectivity index (χ1) is 13.2. The predicted octanol–water partition coefficient (Wildman–Crippen LogP) is 4.37. The van der Waals surface area contributed by atoms with E-state index in [1.54, 1.807) is 31.3 Å². The second-order valence-electron chi connectivity index (χ2n) is 5.64. The van der Waals surface area contributed by atoms with Gasteiger partial charge in [-0.3, -0.25) is 9.69 Å². The number of carbonyl (C=O) groups excluding carboxylic acids is 1. The summed E-state index contributed by atoms with van der Waals surface area (Å²) in [5, 5.41) is 0.629. The number of thioether (sulfide) groups is 1. The highest BCUT2D eigenvalue weighted by molar-refractivity contribution is 8.14. The number of benzene rings is 2. The molecule has 6 heteroatoms. The van der Waals surface area contributed by atoms with Gasteiger partial charge < -0.3 is 9.47 Å². The van der Waals surface area contributed by atoms with Crippen LogP contribution in [0.1, 0.15) is 5.56 Å². The molecule has 0 aliphatic carbocycles. The lowest BCUT2D eigenvalue weighted by Gasteiger charge is -2.17. The number of anilines is 1. The summed E-state index contributed by atoms with van der Waals surface area (Å²) in [6.45, 7) is 3.74. The molecule has 0 saturated carbocycles. The van der Waals surface area contributed by atoms with Gasteiger partial charge in [0.1, 0.15) is 17.2 Å². The fourth-order valence-electron chi connectivity index (χ4n) is 2.54. The molecular weight excluding hydrogens is 360 g/mol. The fraction of sp³-hybridized carbons (Fsp3) is 0.143. The third-order valence-electron chi connectivity index (χ3n) is 3.91. The first-order valence-corrected chi connectivity index (χ1v) is 9.31. The number of ether oxygens (including phenoxy) is 2. The first kappa shape index (κ1) is 18.8. The molecule has 0 radical (unpaired) electrons. The molecule has 1 aliphatic heterocycles. The predicted molar refractivity (Wildman–Crippen MR) is 112 cm³/mol. The molecule has 1 aliphatic rings. The summed E-state index contributed by atoms with van der Waals surface area (Å²) in [6.07, 6.45) is 3.56. The number of nitrogens with zero attached hydrogens (tertiary/aromatic N) is 2. The van der Waals surface area contributed by atoms with Crippen molar-refractivity contribution in [3.63, 3.8) is 0 Å². The summed E-state index contributed by atoms with van der Waals surface area (Å²) < 4.78 is 10.4. The van der Waals surface area contributed by atoms with E-state index in [0.717, 1.165) is 22.7 Å². The maximum absolute atomic E-state index is 13.0. The van der Waals surface area contributed by atoms with Crippen molar-refractivity contribution in [1.82, 2.24) is 0 Å². The molecule has 3 rings (SSSR count). The molecule has 27 heavy (non-hydrogen) atoms. The van der Waals surface area contributed by atoms with Gasteiger partial charge in [0.2, 0.25) is 0 Å². The maximum Gasteiger partial charge on any atom is 0.283 e. The highest BCUT2D eigenvalue weighted by atomic mass is 32.2. The molecule has 0 bridgehead atoms. The van der Waals surface area contributed by atoms with Crippen molar-refractivity contribution in [2.75, 3.05) is 24.9 Å². The van der Waals surface area contributed by atoms with Gasteiger partial charge in [0.05, 0.1) is 19.9 Å². The van der Waals surface area contributed by atoms with Crippen LogP contribution in [0.4, 0.5) is 5.69 Å². The molecule has 0 N–H and O–H groups in total. The highest BCUT2D eigenvalue weighted by Gasteiger charge is 2.31. The van der Waals surface area contributed by atoms with Crippen molar-refractivity contribution in [1.29, 1.82) is 0 Å². The van der Waals surface area contributed by atoms with E-state index in [1.165, 1.54) is 11.8 Å². The minimum absolute atomic E-state index is 0.164. The minimum atomic E-state index is -0.164. The van der Waals surface area contributed by atoms with Gasteiger partial charge in [0.25, 0.3) is 5.91 Å². The van der Waals surface area contributed by atoms with E-state index in [-0.39, 0.29) is 5.91 Å². The van der Waals surface area contributed by atoms with E-state index in [9.17, 15) is 4.79 Å². The minimum Gasteiger partial charge on any atom is -0.497 e. The van der Waals surface area contributed by atoms with Crippen LogP contribution in [0.3, 0.4) is 0 Å². The van der Waals surface area contributed by atoms with E-state index in [2.05, 4.69) is 11.6 Å². The van der Waals surface area contributed by atoms with Crippen LogP contribution in [0.25, 0.3) is 6.08 Å². The number of aliphatic imine (C=N–C) groups is 1. The second-order valence-corrected chi connectivity index (χ2v) is 6.62. The van der Waals surface area contributed by atoms with Crippen LogP contribution >= 0.6 is 11.8 Å². The Balaban J connectivity index is 1.93. The Bertz CT molecular complexity index is 887. The average Bonchev–Trinajstić information content (AvgIpc) is 3.02. The van der Waals surface area contributed by atoms with E-state index < -0.39 is 0 Å². The Morgan fingerprint density at radius 1 is 1.04 bits per heavy atom. The van der Waals surface area contributed by atoms with Crippen molar-refractivity contribution in [2.24, 2.45) is 4.99 Å². The van der Waals surface area contributed by atoms with Crippen LogP contribution in [0.2, 0.25) is 0 Å². The molecule has 2 aromatic rings. The average molecular weight is 380 g/mol. The standard InChI is InChI=1S/C21H20N2O3S/c1-4-13-27-21-22-19(14-15-5-9-17(25-2)10-6-15)20(24)23(21)16-7-11-18(26-3)12-8-16/h4-12,14H,1,13H2,2-3H3. The fourth-order valence-corrected chi connectivity index (χ4v) is 3.29. The number of carbonyl (C=O) groups is 1. The van der Waals surface area contributed by atoms with Gasteiger partial charge in [0.15, 0.2) is 5.17 Å². The Hall–Kier alpha value is -2.99. The number of hydrogen-bond acceptors (Lipinski definition) is 5. The molecule has 0 atom stereocenters. The van der Waals surface area contributed by atoms with Crippen LogP contribution in [0.5, 0.6) is 11.5 Å². The van der Waals surface area contributed by atoms with Gasteiger partial charge in [-0.2, -0.15) is 0 Å². The summed E-state index contributed by atoms with van der Waals surface area (Å²) >= 11 is 1.47. The van der Waals surface area contributed by atoms with Crippen molar-refractivity contribution >= 4 is 34.6 Å². The number of amidine groups is 1. The molecule has 5 nitrogen and oxygen atoms in total. The van der Waals surface area contributed by atoms with Crippen molar-refractivity contribution < 1.29 is 14.3 Å². The molecule has 0 aromatic heterocycles. The normalized spacial score (nSPS) is 15.0. The number of amides is 1. The summed E-state index contributed by atoms with van der Waals surface area (Å²) in [5.41, 5.74) is 2.02. The van der Waals surface area contributed by atoms with Gasteiger partial charge in [-0.15, -0.1) is 6.58 Å². The Morgan fingerprint density at radius 3 is 2.19 bits per heavy atom. The van der Waals surface area contributed by atoms with Crippen LogP contribution < -0.4 is 14.4 Å². The number of methoxy groups -OCH3 is 2. The zero-order valence-electron chi connectivity index (χ0n) is 15.2. The van der Waals surface area contributed by atoms with E-state index in [4.69, 9.17) is 9.47 Å². The zero-order chi connectivity index (χ0) is 19.2. The molecule has 0 saturated heterocycles. The molecule has 0 unspecified atom stereocenters. The lowest BCUT2D eigenvalue weighted by molar-refractivity contribution is -0.113. The van der Waals surface area contributed by atoms with Crippen LogP contribution in [0, 0.1) is 0 Å². The van der Waals surface area contributed by atoms with Crippen molar-refractivity contribution in [3.8, 4) is 11.5 Å². The molecule has 2 aromatic carbocycles. The number of rotatable bonds is 6. The summed E-state index contributed by atoms with van der Waals surface area (Å²) in [7, 11) is 3.23. The van der Waals surface area contributed by atoms with Gasteiger partial charge >= 0.3 is 0 Å². The Labute approximate surface area is 163 Å². The lowest BCUT2D eigenvalue weighted by Crippen LogP contribution is -2.30. The van der Waals surface area contributed by atoms with Crippen LogP contribution in [0.15, 0.2) is 71.9 Å². The molecular formula is C21H20N2O3S.